The molecule has 1 N–H and O–H groups in total. The zero-order valence-corrected chi connectivity index (χ0v) is 38.2. The lowest BCUT2D eigenvalue weighted by molar-refractivity contribution is -0.161. The van der Waals surface area contributed by atoms with Crippen molar-refractivity contribution in [3.05, 3.63) is 0 Å². The summed E-state index contributed by atoms with van der Waals surface area (Å²) in [6, 6.07) is 0. The second kappa shape index (κ2) is 48.3. The minimum Gasteiger partial charge on any atom is -0.462 e. The summed E-state index contributed by atoms with van der Waals surface area (Å²) in [7, 11) is 0. The molecule has 0 aromatic carbocycles. The fourth-order valence-corrected chi connectivity index (χ4v) is 8.03. The molecule has 0 rings (SSSR count). The van der Waals surface area contributed by atoms with Crippen molar-refractivity contribution >= 4 is 11.9 Å². The van der Waals surface area contributed by atoms with Crippen LogP contribution in [0.2, 0.25) is 0 Å². The first-order valence-electron chi connectivity index (χ1n) is 25.6. The molecule has 0 unspecified atom stereocenters. The van der Waals surface area contributed by atoms with Gasteiger partial charge in [-0.25, -0.2) is 0 Å². The van der Waals surface area contributed by atoms with Crippen LogP contribution in [0.25, 0.3) is 0 Å². The zero-order valence-electron chi connectivity index (χ0n) is 38.2. The van der Waals surface area contributed by atoms with Crippen LogP contribution in [-0.4, -0.2) is 36.4 Å². The van der Waals surface area contributed by atoms with Gasteiger partial charge in [0.2, 0.25) is 0 Å². The molecule has 5 nitrogen and oxygen atoms in total. The van der Waals surface area contributed by atoms with E-state index in [0.717, 1.165) is 32.1 Å². The van der Waals surface area contributed by atoms with E-state index in [2.05, 4.69) is 13.8 Å². The Hall–Kier alpha value is -1.10. The van der Waals surface area contributed by atoms with Crippen LogP contribution in [0.3, 0.4) is 0 Å². The molecule has 0 heterocycles. The molecule has 5 heteroatoms. The molecular weight excluding hydrogens is 693 g/mol. The molecule has 0 aromatic heterocycles. The molecular formula is C51H100O5. The first-order valence-corrected chi connectivity index (χ1v) is 25.6. The predicted octanol–water partition coefficient (Wildman–Crippen LogP) is 16.6. The largest absolute Gasteiger partial charge is 0.462 e. The molecule has 0 aromatic rings. The molecule has 0 aliphatic rings. The highest BCUT2D eigenvalue weighted by Crippen LogP contribution is 2.17. The molecule has 0 saturated heterocycles. The number of aliphatic hydroxyl groups is 1. The first kappa shape index (κ1) is 54.9. The van der Waals surface area contributed by atoms with Crippen LogP contribution in [0.15, 0.2) is 0 Å². The number of unbranched alkanes of at least 4 members (excludes halogenated alkanes) is 40. The monoisotopic (exact) mass is 793 g/mol. The maximum atomic E-state index is 12.3. The van der Waals surface area contributed by atoms with Crippen molar-refractivity contribution < 1.29 is 24.2 Å². The summed E-state index contributed by atoms with van der Waals surface area (Å²) in [5.41, 5.74) is 0. The van der Waals surface area contributed by atoms with Crippen LogP contribution < -0.4 is 0 Å². The van der Waals surface area contributed by atoms with Gasteiger partial charge in [-0.05, 0) is 12.8 Å². The number of aliphatic hydroxyl groups excluding tert-OH is 1. The average molecular weight is 793 g/mol. The van der Waals surface area contributed by atoms with E-state index >= 15 is 0 Å². The van der Waals surface area contributed by atoms with E-state index in [0.29, 0.717) is 12.8 Å². The fourth-order valence-electron chi connectivity index (χ4n) is 8.03. The maximum Gasteiger partial charge on any atom is 0.306 e. The molecule has 0 aliphatic carbocycles. The summed E-state index contributed by atoms with van der Waals surface area (Å²) in [6.45, 7) is 4.20. The zero-order chi connectivity index (χ0) is 40.7. The first-order chi connectivity index (χ1) is 27.6. The Morgan fingerprint density at radius 3 is 0.786 bits per heavy atom. The lowest BCUT2D eigenvalue weighted by atomic mass is 10.0. The van der Waals surface area contributed by atoms with Crippen LogP contribution >= 0.6 is 0 Å². The Morgan fingerprint density at radius 1 is 0.339 bits per heavy atom. The summed E-state index contributed by atoms with van der Waals surface area (Å²) in [4.78, 5) is 24.4. The van der Waals surface area contributed by atoms with Gasteiger partial charge in [0.25, 0.3) is 0 Å². The smallest absolute Gasteiger partial charge is 0.306 e. The second-order valence-electron chi connectivity index (χ2n) is 17.6. The van der Waals surface area contributed by atoms with Gasteiger partial charge in [-0.15, -0.1) is 0 Å². The van der Waals surface area contributed by atoms with E-state index in [1.165, 1.54) is 238 Å². The van der Waals surface area contributed by atoms with Crippen molar-refractivity contribution in [1.29, 1.82) is 0 Å². The fraction of sp³-hybridized carbons (Fsp3) is 0.961. The number of hydrogen-bond acceptors (Lipinski definition) is 5. The van der Waals surface area contributed by atoms with E-state index in [-0.39, 0.29) is 25.2 Å². The molecule has 0 fully saturated rings. The molecule has 0 amide bonds. The lowest BCUT2D eigenvalue weighted by Gasteiger charge is -2.15. The van der Waals surface area contributed by atoms with Crippen molar-refractivity contribution in [1.82, 2.24) is 0 Å². The summed E-state index contributed by atoms with van der Waals surface area (Å²) in [5.74, 6) is -0.566. The topological polar surface area (TPSA) is 72.8 Å². The van der Waals surface area contributed by atoms with Crippen molar-refractivity contribution in [2.75, 3.05) is 13.2 Å². The van der Waals surface area contributed by atoms with E-state index in [4.69, 9.17) is 9.47 Å². The van der Waals surface area contributed by atoms with Gasteiger partial charge < -0.3 is 14.6 Å². The van der Waals surface area contributed by atoms with Crippen LogP contribution in [0.5, 0.6) is 0 Å². The normalized spacial score (nSPS) is 12.0. The SMILES string of the molecule is CCCCCCCCCCCCCCCCCCCCCCCC(=O)OC[C@@H](CO)OC(=O)CCCCCCCCCCCCCCCCCCCCCCC. The third-order valence-electron chi connectivity index (χ3n) is 11.9. The summed E-state index contributed by atoms with van der Waals surface area (Å²) in [5, 5.41) is 9.62. The summed E-state index contributed by atoms with van der Waals surface area (Å²) in [6.07, 6.45) is 56.3. The Bertz CT molecular complexity index is 769. The highest BCUT2D eigenvalue weighted by atomic mass is 16.6. The van der Waals surface area contributed by atoms with Crippen molar-refractivity contribution in [3.8, 4) is 0 Å². The number of ether oxygens (including phenoxy) is 2. The lowest BCUT2D eigenvalue weighted by Crippen LogP contribution is -2.28. The Kier molecular flexibility index (Phi) is 47.3. The summed E-state index contributed by atoms with van der Waals surface area (Å²) >= 11 is 0. The standard InChI is InChI=1S/C51H100O5/c1-3-5-7-9-11-13-15-17-19-21-23-25-27-29-31-33-35-37-39-41-43-45-50(53)55-48-49(47-52)56-51(54)46-44-42-40-38-36-34-32-30-28-26-24-22-20-18-16-14-12-10-8-6-4-2/h49,52H,3-48H2,1-2H3/t49-/m1/s1. The van der Waals surface area contributed by atoms with Gasteiger partial charge >= 0.3 is 11.9 Å². The third-order valence-corrected chi connectivity index (χ3v) is 11.9. The molecule has 0 radical (unpaired) electrons. The second-order valence-corrected chi connectivity index (χ2v) is 17.6. The predicted molar refractivity (Wildman–Crippen MR) is 242 cm³/mol. The van der Waals surface area contributed by atoms with Crippen LogP contribution in [0.1, 0.15) is 296 Å². The number of hydrogen-bond donors (Lipinski definition) is 1. The van der Waals surface area contributed by atoms with Crippen molar-refractivity contribution in [2.45, 2.75) is 302 Å². The summed E-state index contributed by atoms with van der Waals surface area (Å²) < 4.78 is 10.7. The van der Waals surface area contributed by atoms with Gasteiger partial charge in [0, 0.05) is 12.8 Å². The van der Waals surface area contributed by atoms with Gasteiger partial charge in [0.1, 0.15) is 6.61 Å². The minimum atomic E-state index is -0.763. The van der Waals surface area contributed by atoms with E-state index in [9.17, 15) is 14.7 Å². The molecule has 56 heavy (non-hydrogen) atoms. The van der Waals surface area contributed by atoms with Crippen molar-refractivity contribution in [3.63, 3.8) is 0 Å². The van der Waals surface area contributed by atoms with Crippen LogP contribution in [0, 0.1) is 0 Å². The molecule has 0 aliphatic heterocycles. The number of esters is 2. The highest BCUT2D eigenvalue weighted by molar-refractivity contribution is 5.70. The van der Waals surface area contributed by atoms with E-state index in [1.54, 1.807) is 0 Å². The molecule has 1 atom stereocenters. The van der Waals surface area contributed by atoms with Crippen molar-refractivity contribution in [2.24, 2.45) is 0 Å². The van der Waals surface area contributed by atoms with Gasteiger partial charge in [0.05, 0.1) is 6.61 Å². The Labute approximate surface area is 350 Å². The molecule has 0 spiro atoms. The minimum absolute atomic E-state index is 0.0559. The quantitative estimate of drug-likeness (QED) is 0.0491. The highest BCUT2D eigenvalue weighted by Gasteiger charge is 2.16. The third kappa shape index (κ3) is 45.6. The van der Waals surface area contributed by atoms with Gasteiger partial charge in [-0.3, -0.25) is 9.59 Å². The van der Waals surface area contributed by atoms with Crippen LogP contribution in [-0.2, 0) is 19.1 Å². The molecule has 0 saturated carbocycles. The van der Waals surface area contributed by atoms with Crippen LogP contribution in [0.4, 0.5) is 0 Å². The Balaban J connectivity index is 3.42. The molecule has 0 bridgehead atoms. The van der Waals surface area contributed by atoms with E-state index in [1.807, 2.05) is 0 Å². The average Bonchev–Trinajstić information content (AvgIpc) is 3.20. The van der Waals surface area contributed by atoms with Gasteiger partial charge in [0.15, 0.2) is 6.10 Å². The number of carbonyl (C=O) groups excluding carboxylic acids is 2. The van der Waals surface area contributed by atoms with Gasteiger partial charge in [-0.2, -0.15) is 0 Å². The van der Waals surface area contributed by atoms with Gasteiger partial charge in [-0.1, -0.05) is 271 Å². The number of rotatable bonds is 48. The maximum absolute atomic E-state index is 12.3. The van der Waals surface area contributed by atoms with E-state index < -0.39 is 6.10 Å². The Morgan fingerprint density at radius 2 is 0.554 bits per heavy atom. The molecule has 334 valence electrons. The number of carbonyl (C=O) groups is 2.